The van der Waals surface area contributed by atoms with Crippen molar-refractivity contribution in [2.45, 2.75) is 44.8 Å². The van der Waals surface area contributed by atoms with Gasteiger partial charge in [-0.2, -0.15) is 11.8 Å². The predicted octanol–water partition coefficient (Wildman–Crippen LogP) is 1.07. The number of nitrogens with zero attached hydrogens (tertiary/aromatic N) is 4. The van der Waals surface area contributed by atoms with Crippen LogP contribution in [0.3, 0.4) is 0 Å². The van der Waals surface area contributed by atoms with Crippen molar-refractivity contribution in [3.63, 3.8) is 0 Å². The lowest BCUT2D eigenvalue weighted by Gasteiger charge is -2.21. The Hall–Kier alpha value is -0.620. The van der Waals surface area contributed by atoms with Crippen molar-refractivity contribution in [2.75, 3.05) is 11.5 Å². The van der Waals surface area contributed by atoms with Gasteiger partial charge in [-0.1, -0.05) is 0 Å². The van der Waals surface area contributed by atoms with Gasteiger partial charge in [-0.05, 0) is 53.5 Å². The Bertz CT molecular complexity index is 356. The molecule has 0 aromatic carbocycles. The van der Waals surface area contributed by atoms with Crippen molar-refractivity contribution in [1.82, 2.24) is 25.5 Å². The number of nitrogens with one attached hydrogen (secondary N) is 1. The van der Waals surface area contributed by atoms with Gasteiger partial charge in [-0.25, -0.2) is 4.68 Å². The Labute approximate surface area is 106 Å². The van der Waals surface area contributed by atoms with E-state index in [0.717, 1.165) is 24.8 Å². The summed E-state index contributed by atoms with van der Waals surface area (Å²) in [5.74, 6) is 4.35. The predicted molar refractivity (Wildman–Crippen MR) is 67.7 cm³/mol. The molecule has 3 rings (SSSR count). The standard InChI is InChI=1S/C11H19N5S/c1-2-10(1)12-7-11-13-14-15-16(11)8-9-3-5-17-6-4-9/h9-10,12H,1-8H2. The molecule has 2 heterocycles. The van der Waals surface area contributed by atoms with Gasteiger partial charge in [0.05, 0.1) is 6.54 Å². The van der Waals surface area contributed by atoms with Crippen LogP contribution in [-0.2, 0) is 13.1 Å². The summed E-state index contributed by atoms with van der Waals surface area (Å²) in [6, 6.07) is 0.714. The molecule has 2 fully saturated rings. The third-order valence-corrected chi connectivity index (χ3v) is 4.55. The van der Waals surface area contributed by atoms with Gasteiger partial charge >= 0.3 is 0 Å². The minimum Gasteiger partial charge on any atom is -0.307 e. The summed E-state index contributed by atoms with van der Waals surface area (Å²) >= 11 is 2.06. The molecule has 0 unspecified atom stereocenters. The first-order valence-corrected chi connectivity index (χ1v) is 7.63. The maximum absolute atomic E-state index is 4.12. The van der Waals surface area contributed by atoms with Gasteiger partial charge in [0, 0.05) is 12.6 Å². The molecule has 0 amide bonds. The minimum absolute atomic E-state index is 0.714. The fourth-order valence-corrected chi connectivity index (χ4v) is 3.39. The van der Waals surface area contributed by atoms with Crippen LogP contribution in [0.15, 0.2) is 0 Å². The van der Waals surface area contributed by atoms with Crippen LogP contribution in [0.1, 0.15) is 31.5 Å². The van der Waals surface area contributed by atoms with Crippen molar-refractivity contribution in [1.29, 1.82) is 0 Å². The van der Waals surface area contributed by atoms with E-state index in [9.17, 15) is 0 Å². The number of thioether (sulfide) groups is 1. The quantitative estimate of drug-likeness (QED) is 0.850. The van der Waals surface area contributed by atoms with Crippen LogP contribution < -0.4 is 5.32 Å². The second-order valence-corrected chi connectivity index (χ2v) is 6.21. The summed E-state index contributed by atoms with van der Waals surface area (Å²) in [6.45, 7) is 1.81. The zero-order chi connectivity index (χ0) is 11.5. The lowest BCUT2D eigenvalue weighted by molar-refractivity contribution is 0.378. The van der Waals surface area contributed by atoms with Crippen LogP contribution in [-0.4, -0.2) is 37.8 Å². The first-order valence-electron chi connectivity index (χ1n) is 6.48. The molecule has 0 bridgehead atoms. The van der Waals surface area contributed by atoms with E-state index < -0.39 is 0 Å². The first kappa shape index (κ1) is 11.5. The van der Waals surface area contributed by atoms with E-state index in [1.807, 2.05) is 4.68 Å². The number of rotatable bonds is 5. The lowest BCUT2D eigenvalue weighted by atomic mass is 10.0. The van der Waals surface area contributed by atoms with E-state index in [1.54, 1.807) is 0 Å². The van der Waals surface area contributed by atoms with E-state index in [0.29, 0.717) is 6.04 Å². The highest BCUT2D eigenvalue weighted by molar-refractivity contribution is 7.99. The van der Waals surface area contributed by atoms with Gasteiger partial charge in [0.25, 0.3) is 0 Å². The van der Waals surface area contributed by atoms with E-state index in [4.69, 9.17) is 0 Å². The zero-order valence-electron chi connectivity index (χ0n) is 10.0. The zero-order valence-corrected chi connectivity index (χ0v) is 10.8. The molecule has 1 aliphatic carbocycles. The number of hydrogen-bond donors (Lipinski definition) is 1. The summed E-state index contributed by atoms with van der Waals surface area (Å²) in [5, 5.41) is 15.5. The molecule has 1 saturated carbocycles. The summed E-state index contributed by atoms with van der Waals surface area (Å²) in [4.78, 5) is 0. The van der Waals surface area contributed by atoms with Crippen molar-refractivity contribution < 1.29 is 0 Å². The fraction of sp³-hybridized carbons (Fsp3) is 0.909. The number of tetrazole rings is 1. The van der Waals surface area contributed by atoms with Gasteiger partial charge < -0.3 is 5.32 Å². The Morgan fingerprint density at radius 2 is 2.06 bits per heavy atom. The van der Waals surface area contributed by atoms with Crippen LogP contribution in [0, 0.1) is 5.92 Å². The number of aromatic nitrogens is 4. The molecule has 5 nitrogen and oxygen atoms in total. The number of hydrogen-bond acceptors (Lipinski definition) is 5. The van der Waals surface area contributed by atoms with E-state index in [2.05, 4.69) is 32.6 Å². The van der Waals surface area contributed by atoms with Gasteiger partial charge in [0.15, 0.2) is 5.82 Å². The molecule has 1 N–H and O–H groups in total. The van der Waals surface area contributed by atoms with Crippen LogP contribution >= 0.6 is 11.8 Å². The summed E-state index contributed by atoms with van der Waals surface area (Å²) in [5.41, 5.74) is 0. The molecular formula is C11H19N5S. The molecule has 1 aliphatic heterocycles. The Balaban J connectivity index is 1.55. The van der Waals surface area contributed by atoms with Crippen molar-refractivity contribution >= 4 is 11.8 Å². The summed E-state index contributed by atoms with van der Waals surface area (Å²) in [7, 11) is 0. The fourth-order valence-electron chi connectivity index (χ4n) is 2.19. The maximum atomic E-state index is 4.12. The summed E-state index contributed by atoms with van der Waals surface area (Å²) < 4.78 is 2.00. The molecule has 1 aromatic heterocycles. The Kier molecular flexibility index (Phi) is 3.61. The minimum atomic E-state index is 0.714. The van der Waals surface area contributed by atoms with Crippen molar-refractivity contribution in [3.05, 3.63) is 5.82 Å². The van der Waals surface area contributed by atoms with Crippen molar-refractivity contribution in [2.24, 2.45) is 5.92 Å². The largest absolute Gasteiger partial charge is 0.307 e. The molecule has 17 heavy (non-hydrogen) atoms. The van der Waals surface area contributed by atoms with Crippen molar-refractivity contribution in [3.8, 4) is 0 Å². The SMILES string of the molecule is C1CC(Cn2nnnc2CNC2CC2)CCS1. The van der Waals surface area contributed by atoms with Crippen LogP contribution in [0.5, 0.6) is 0 Å². The second kappa shape index (κ2) is 5.35. The molecule has 1 aromatic rings. The Morgan fingerprint density at radius 3 is 2.82 bits per heavy atom. The van der Waals surface area contributed by atoms with Crippen LogP contribution in [0.2, 0.25) is 0 Å². The van der Waals surface area contributed by atoms with E-state index >= 15 is 0 Å². The molecule has 1 saturated heterocycles. The topological polar surface area (TPSA) is 55.6 Å². The third-order valence-electron chi connectivity index (χ3n) is 3.50. The van der Waals surface area contributed by atoms with Gasteiger partial charge in [0.1, 0.15) is 0 Å². The van der Waals surface area contributed by atoms with Crippen LogP contribution in [0.25, 0.3) is 0 Å². The monoisotopic (exact) mass is 253 g/mol. The average Bonchev–Trinajstić information content (AvgIpc) is 3.09. The molecule has 0 spiro atoms. The highest BCUT2D eigenvalue weighted by atomic mass is 32.2. The molecule has 0 atom stereocenters. The highest BCUT2D eigenvalue weighted by Crippen LogP contribution is 2.24. The van der Waals surface area contributed by atoms with E-state index in [-0.39, 0.29) is 0 Å². The Morgan fingerprint density at radius 1 is 1.24 bits per heavy atom. The van der Waals surface area contributed by atoms with E-state index in [1.165, 1.54) is 37.2 Å². The maximum Gasteiger partial charge on any atom is 0.165 e. The van der Waals surface area contributed by atoms with Gasteiger partial charge in [0.2, 0.25) is 0 Å². The van der Waals surface area contributed by atoms with Gasteiger partial charge in [-0.15, -0.1) is 5.10 Å². The van der Waals surface area contributed by atoms with Crippen LogP contribution in [0.4, 0.5) is 0 Å². The summed E-state index contributed by atoms with van der Waals surface area (Å²) in [6.07, 6.45) is 5.23. The lowest BCUT2D eigenvalue weighted by Crippen LogP contribution is -2.23. The molecular weight excluding hydrogens is 234 g/mol. The third kappa shape index (κ3) is 3.19. The average molecular weight is 253 g/mol. The molecule has 0 radical (unpaired) electrons. The first-order chi connectivity index (χ1) is 8.42. The molecule has 94 valence electrons. The smallest absolute Gasteiger partial charge is 0.165 e. The van der Waals surface area contributed by atoms with Gasteiger partial charge in [-0.3, -0.25) is 0 Å². The molecule has 2 aliphatic rings. The second-order valence-electron chi connectivity index (χ2n) is 4.99. The molecule has 6 heteroatoms. The normalized spacial score (nSPS) is 21.9. The highest BCUT2D eigenvalue weighted by Gasteiger charge is 2.22.